The minimum absolute atomic E-state index is 0.0491. The summed E-state index contributed by atoms with van der Waals surface area (Å²) in [6.45, 7) is 3.74. The van der Waals surface area contributed by atoms with Crippen molar-refractivity contribution < 1.29 is 24.2 Å². The largest absolute Gasteiger partial charge is 0.481 e. The van der Waals surface area contributed by atoms with Crippen LogP contribution in [0.3, 0.4) is 0 Å². The lowest BCUT2D eigenvalue weighted by Crippen LogP contribution is -2.47. The highest BCUT2D eigenvalue weighted by molar-refractivity contribution is 5.94. The second kappa shape index (κ2) is 8.52. The number of aliphatic carboxylic acids is 1. The van der Waals surface area contributed by atoms with Gasteiger partial charge >= 0.3 is 12.0 Å². The van der Waals surface area contributed by atoms with Gasteiger partial charge in [0.2, 0.25) is 5.91 Å². The van der Waals surface area contributed by atoms with E-state index < -0.39 is 17.9 Å². The fourth-order valence-corrected chi connectivity index (χ4v) is 2.12. The maximum Gasteiger partial charge on any atom is 0.324 e. The maximum atomic E-state index is 11.8. The van der Waals surface area contributed by atoms with E-state index >= 15 is 0 Å². The maximum absolute atomic E-state index is 11.8. The zero-order valence-corrected chi connectivity index (χ0v) is 11.8. The molecule has 0 spiro atoms. The number of piperidine rings is 1. The molecule has 0 aliphatic carbocycles. The molecule has 0 atom stereocenters. The summed E-state index contributed by atoms with van der Waals surface area (Å²) in [4.78, 5) is 35.2. The number of amides is 3. The molecule has 0 bridgehead atoms. The van der Waals surface area contributed by atoms with Crippen LogP contribution in [0.25, 0.3) is 0 Å². The van der Waals surface area contributed by atoms with Crippen molar-refractivity contribution >= 4 is 17.9 Å². The third kappa shape index (κ3) is 6.01. The Morgan fingerprint density at radius 1 is 1.25 bits per heavy atom. The highest BCUT2D eigenvalue weighted by Gasteiger charge is 2.23. The highest BCUT2D eigenvalue weighted by atomic mass is 16.5. The van der Waals surface area contributed by atoms with Crippen LogP contribution in [0.1, 0.15) is 39.0 Å². The van der Waals surface area contributed by atoms with E-state index in [1.165, 1.54) is 0 Å². The van der Waals surface area contributed by atoms with E-state index in [2.05, 4.69) is 5.32 Å². The van der Waals surface area contributed by atoms with Gasteiger partial charge in [0.25, 0.3) is 0 Å². The van der Waals surface area contributed by atoms with Crippen LogP contribution in [0.5, 0.6) is 0 Å². The minimum Gasteiger partial charge on any atom is -0.481 e. The molecular weight excluding hydrogens is 264 g/mol. The Hall–Kier alpha value is -1.63. The quantitative estimate of drug-likeness (QED) is 0.758. The van der Waals surface area contributed by atoms with Crippen molar-refractivity contribution in [1.82, 2.24) is 10.2 Å². The van der Waals surface area contributed by atoms with Gasteiger partial charge in [-0.25, -0.2) is 4.79 Å². The lowest BCUT2D eigenvalue weighted by atomic mass is 10.1. The van der Waals surface area contributed by atoms with E-state index in [9.17, 15) is 14.4 Å². The average Bonchev–Trinajstić information content (AvgIpc) is 2.39. The molecule has 1 fully saturated rings. The summed E-state index contributed by atoms with van der Waals surface area (Å²) in [6, 6.07) is -0.403. The van der Waals surface area contributed by atoms with Crippen LogP contribution < -0.4 is 5.32 Å². The predicted octanol–water partition coefficient (Wildman–Crippen LogP) is 0.978. The van der Waals surface area contributed by atoms with Crippen molar-refractivity contribution in [3.8, 4) is 0 Å². The smallest absolute Gasteiger partial charge is 0.324 e. The number of ether oxygens (including phenoxy) is 1. The number of nitrogens with zero attached hydrogens (tertiary/aromatic N) is 1. The normalized spacial score (nSPS) is 15.9. The third-order valence-electron chi connectivity index (χ3n) is 3.17. The Bertz CT molecular complexity index is 351. The zero-order chi connectivity index (χ0) is 15.0. The summed E-state index contributed by atoms with van der Waals surface area (Å²) < 4.78 is 5.49. The standard InChI is InChI=1S/C13H22N2O5/c1-2-20-10-6-8-15(9-7-10)13(19)14-11(16)4-3-5-12(17)18/h10H,2-9H2,1H3,(H,17,18)(H,14,16,19). The number of rotatable bonds is 6. The Morgan fingerprint density at radius 3 is 2.45 bits per heavy atom. The summed E-state index contributed by atoms with van der Waals surface area (Å²) in [7, 11) is 0. The van der Waals surface area contributed by atoms with Gasteiger partial charge in [-0.1, -0.05) is 0 Å². The van der Waals surface area contributed by atoms with Gasteiger partial charge in [-0.15, -0.1) is 0 Å². The Morgan fingerprint density at radius 2 is 1.90 bits per heavy atom. The van der Waals surface area contributed by atoms with Crippen LogP contribution in [0.15, 0.2) is 0 Å². The first-order chi connectivity index (χ1) is 9.52. The fraction of sp³-hybridized carbons (Fsp3) is 0.769. The monoisotopic (exact) mass is 286 g/mol. The molecule has 1 rings (SSSR count). The van der Waals surface area contributed by atoms with E-state index in [-0.39, 0.29) is 25.4 Å². The molecule has 20 heavy (non-hydrogen) atoms. The minimum atomic E-state index is -0.942. The van der Waals surface area contributed by atoms with Crippen molar-refractivity contribution in [3.63, 3.8) is 0 Å². The van der Waals surface area contributed by atoms with Crippen molar-refractivity contribution in [1.29, 1.82) is 0 Å². The molecule has 0 unspecified atom stereocenters. The highest BCUT2D eigenvalue weighted by Crippen LogP contribution is 2.13. The number of imide groups is 1. The molecule has 0 aromatic carbocycles. The molecule has 1 saturated heterocycles. The van der Waals surface area contributed by atoms with E-state index in [1.54, 1.807) is 4.90 Å². The van der Waals surface area contributed by atoms with Gasteiger partial charge in [0.05, 0.1) is 6.10 Å². The van der Waals surface area contributed by atoms with Gasteiger partial charge in [-0.05, 0) is 26.2 Å². The number of hydrogen-bond donors (Lipinski definition) is 2. The van der Waals surface area contributed by atoms with Crippen LogP contribution in [-0.4, -0.2) is 53.7 Å². The lowest BCUT2D eigenvalue weighted by molar-refractivity contribution is -0.137. The predicted molar refractivity (Wildman–Crippen MR) is 71.2 cm³/mol. The number of nitrogens with one attached hydrogen (secondary N) is 1. The number of urea groups is 1. The summed E-state index contributed by atoms with van der Waals surface area (Å²) >= 11 is 0. The van der Waals surface area contributed by atoms with Crippen LogP contribution in [0.2, 0.25) is 0 Å². The number of carboxylic acids is 1. The van der Waals surface area contributed by atoms with Crippen molar-refractivity contribution in [3.05, 3.63) is 0 Å². The number of hydrogen-bond acceptors (Lipinski definition) is 4. The number of likely N-dealkylation sites (tertiary alicyclic amines) is 1. The van der Waals surface area contributed by atoms with E-state index in [0.717, 1.165) is 12.8 Å². The first kappa shape index (κ1) is 16.4. The first-order valence-corrected chi connectivity index (χ1v) is 6.95. The molecule has 1 heterocycles. The van der Waals surface area contributed by atoms with Crippen LogP contribution in [0.4, 0.5) is 4.79 Å². The molecule has 7 heteroatoms. The molecule has 7 nitrogen and oxygen atoms in total. The molecule has 2 N–H and O–H groups in total. The fourth-order valence-electron chi connectivity index (χ4n) is 2.12. The van der Waals surface area contributed by atoms with E-state index in [0.29, 0.717) is 19.7 Å². The Labute approximate surface area is 118 Å². The van der Waals surface area contributed by atoms with Gasteiger partial charge < -0.3 is 14.7 Å². The van der Waals surface area contributed by atoms with Crippen LogP contribution in [0, 0.1) is 0 Å². The van der Waals surface area contributed by atoms with Gasteiger partial charge in [0.15, 0.2) is 0 Å². The summed E-state index contributed by atoms with van der Waals surface area (Å²) in [6.07, 6.45) is 1.95. The molecule has 0 saturated carbocycles. The SMILES string of the molecule is CCOC1CCN(C(=O)NC(=O)CCCC(=O)O)CC1. The molecule has 3 amide bonds. The molecule has 114 valence electrons. The molecule has 1 aliphatic heterocycles. The average molecular weight is 286 g/mol. The Kier molecular flexibility index (Phi) is 7.00. The van der Waals surface area contributed by atoms with Gasteiger partial charge in [-0.2, -0.15) is 0 Å². The number of carboxylic acid groups (broad SMARTS) is 1. The summed E-state index contributed by atoms with van der Waals surface area (Å²) in [5.74, 6) is -1.37. The lowest BCUT2D eigenvalue weighted by Gasteiger charge is -2.31. The van der Waals surface area contributed by atoms with Crippen molar-refractivity contribution in [2.24, 2.45) is 0 Å². The first-order valence-electron chi connectivity index (χ1n) is 6.95. The molecule has 0 aromatic rings. The van der Waals surface area contributed by atoms with E-state index in [4.69, 9.17) is 9.84 Å². The molecule has 1 aliphatic rings. The van der Waals surface area contributed by atoms with Gasteiger partial charge in [0.1, 0.15) is 0 Å². The zero-order valence-electron chi connectivity index (χ0n) is 11.8. The van der Waals surface area contributed by atoms with Gasteiger partial charge in [-0.3, -0.25) is 14.9 Å². The Balaban J connectivity index is 2.22. The van der Waals surface area contributed by atoms with E-state index in [1.807, 2.05) is 6.92 Å². The second-order valence-electron chi connectivity index (χ2n) is 4.74. The number of carbonyl (C=O) groups is 3. The molecule has 0 radical (unpaired) electrons. The molecular formula is C13H22N2O5. The second-order valence-corrected chi connectivity index (χ2v) is 4.74. The summed E-state index contributed by atoms with van der Waals surface area (Å²) in [5.41, 5.74) is 0. The van der Waals surface area contributed by atoms with Gasteiger partial charge in [0, 0.05) is 32.5 Å². The molecule has 0 aromatic heterocycles. The van der Waals surface area contributed by atoms with Crippen LogP contribution in [-0.2, 0) is 14.3 Å². The topological polar surface area (TPSA) is 95.9 Å². The van der Waals surface area contributed by atoms with Crippen molar-refractivity contribution in [2.75, 3.05) is 19.7 Å². The van der Waals surface area contributed by atoms with Crippen molar-refractivity contribution in [2.45, 2.75) is 45.1 Å². The third-order valence-corrected chi connectivity index (χ3v) is 3.17. The number of carbonyl (C=O) groups excluding carboxylic acids is 2. The summed E-state index contributed by atoms with van der Waals surface area (Å²) in [5, 5.41) is 10.7. The van der Waals surface area contributed by atoms with Crippen LogP contribution >= 0.6 is 0 Å².